The Labute approximate surface area is 81.1 Å². The number of nitrogens with zero attached hydrogens (tertiary/aromatic N) is 1. The van der Waals surface area contributed by atoms with Gasteiger partial charge in [0.1, 0.15) is 5.84 Å². The van der Waals surface area contributed by atoms with Gasteiger partial charge >= 0.3 is 5.97 Å². The summed E-state index contributed by atoms with van der Waals surface area (Å²) >= 11 is 0. The van der Waals surface area contributed by atoms with E-state index in [1.807, 2.05) is 6.07 Å². The van der Waals surface area contributed by atoms with E-state index in [2.05, 4.69) is 4.99 Å². The molecule has 1 aromatic rings. The van der Waals surface area contributed by atoms with E-state index >= 15 is 0 Å². The highest BCUT2D eigenvalue weighted by Crippen LogP contribution is 2.18. The summed E-state index contributed by atoms with van der Waals surface area (Å²) in [7, 11) is 0. The summed E-state index contributed by atoms with van der Waals surface area (Å²) in [5.41, 5.74) is 8.35. The Morgan fingerprint density at radius 2 is 2.36 bits per heavy atom. The standard InChI is InChI=1S/C10H10N2O2/c11-10-8-3-6(4-9(13)14)1-2-7(8)5-12-10/h1-3H,4-5H2,(H2,11,12)(H,13,14). The maximum Gasteiger partial charge on any atom is 0.307 e. The Bertz CT molecular complexity index is 424. The van der Waals surface area contributed by atoms with Gasteiger partial charge in [0.2, 0.25) is 0 Å². The van der Waals surface area contributed by atoms with E-state index in [9.17, 15) is 4.79 Å². The van der Waals surface area contributed by atoms with Crippen LogP contribution in [0.2, 0.25) is 0 Å². The Hall–Kier alpha value is -1.84. The van der Waals surface area contributed by atoms with Gasteiger partial charge in [0, 0.05) is 5.56 Å². The van der Waals surface area contributed by atoms with Crippen LogP contribution in [0.25, 0.3) is 0 Å². The Morgan fingerprint density at radius 3 is 3.07 bits per heavy atom. The van der Waals surface area contributed by atoms with E-state index in [1.165, 1.54) is 0 Å². The van der Waals surface area contributed by atoms with E-state index in [0.717, 1.165) is 16.7 Å². The number of benzene rings is 1. The number of carboxylic acid groups (broad SMARTS) is 1. The quantitative estimate of drug-likeness (QED) is 0.714. The van der Waals surface area contributed by atoms with Gasteiger partial charge in [-0.05, 0) is 17.2 Å². The van der Waals surface area contributed by atoms with Crippen molar-refractivity contribution in [3.63, 3.8) is 0 Å². The summed E-state index contributed by atoms with van der Waals surface area (Å²) in [6.45, 7) is 0.606. The van der Waals surface area contributed by atoms with Gasteiger partial charge in [-0.3, -0.25) is 9.79 Å². The lowest BCUT2D eigenvalue weighted by molar-refractivity contribution is -0.136. The molecule has 72 valence electrons. The first kappa shape index (κ1) is 8.74. The van der Waals surface area contributed by atoms with E-state index in [-0.39, 0.29) is 6.42 Å². The molecule has 0 radical (unpaired) electrons. The number of fused-ring (bicyclic) bond motifs is 1. The van der Waals surface area contributed by atoms with Gasteiger partial charge in [-0.2, -0.15) is 0 Å². The van der Waals surface area contributed by atoms with Crippen LogP contribution in [0, 0.1) is 0 Å². The van der Waals surface area contributed by atoms with E-state index in [1.54, 1.807) is 12.1 Å². The molecule has 14 heavy (non-hydrogen) atoms. The third-order valence-corrected chi connectivity index (χ3v) is 2.23. The summed E-state index contributed by atoms with van der Waals surface area (Å²) in [5, 5.41) is 8.62. The molecule has 0 saturated carbocycles. The van der Waals surface area contributed by atoms with Gasteiger partial charge in [-0.15, -0.1) is 0 Å². The minimum atomic E-state index is -0.835. The highest BCUT2D eigenvalue weighted by molar-refractivity contribution is 6.01. The maximum atomic E-state index is 10.5. The predicted octanol–water partition coefficient (Wildman–Crippen LogP) is 0.533. The van der Waals surface area contributed by atoms with Crippen LogP contribution in [0.4, 0.5) is 0 Å². The van der Waals surface area contributed by atoms with Gasteiger partial charge in [-0.25, -0.2) is 0 Å². The Morgan fingerprint density at radius 1 is 1.57 bits per heavy atom. The van der Waals surface area contributed by atoms with Crippen LogP contribution in [-0.4, -0.2) is 16.9 Å². The van der Waals surface area contributed by atoms with Crippen LogP contribution >= 0.6 is 0 Å². The Kier molecular flexibility index (Phi) is 1.96. The second-order valence-corrected chi connectivity index (χ2v) is 3.26. The third-order valence-electron chi connectivity index (χ3n) is 2.23. The molecule has 0 aliphatic carbocycles. The predicted molar refractivity (Wildman–Crippen MR) is 52.2 cm³/mol. The van der Waals surface area contributed by atoms with E-state index in [0.29, 0.717) is 12.4 Å². The van der Waals surface area contributed by atoms with Crippen molar-refractivity contribution in [1.29, 1.82) is 0 Å². The first-order valence-corrected chi connectivity index (χ1v) is 4.30. The van der Waals surface area contributed by atoms with Crippen LogP contribution < -0.4 is 5.73 Å². The number of nitrogens with two attached hydrogens (primary N) is 1. The number of rotatable bonds is 2. The number of hydrogen-bond acceptors (Lipinski definition) is 3. The Balaban J connectivity index is 2.35. The van der Waals surface area contributed by atoms with Crippen molar-refractivity contribution in [2.24, 2.45) is 10.7 Å². The van der Waals surface area contributed by atoms with Crippen molar-refractivity contribution in [1.82, 2.24) is 0 Å². The molecule has 3 N–H and O–H groups in total. The second kappa shape index (κ2) is 3.14. The van der Waals surface area contributed by atoms with Crippen LogP contribution in [0.3, 0.4) is 0 Å². The van der Waals surface area contributed by atoms with Crippen LogP contribution in [0.1, 0.15) is 16.7 Å². The number of carboxylic acids is 1. The third kappa shape index (κ3) is 1.46. The lowest BCUT2D eigenvalue weighted by Gasteiger charge is -2.02. The van der Waals surface area contributed by atoms with E-state index < -0.39 is 5.97 Å². The summed E-state index contributed by atoms with van der Waals surface area (Å²) in [5.74, 6) is -0.328. The van der Waals surface area contributed by atoms with E-state index in [4.69, 9.17) is 10.8 Å². The lowest BCUT2D eigenvalue weighted by Crippen LogP contribution is -2.11. The number of carbonyl (C=O) groups is 1. The highest BCUT2D eigenvalue weighted by atomic mass is 16.4. The van der Waals surface area contributed by atoms with Gasteiger partial charge in [0.15, 0.2) is 0 Å². The molecule has 1 aliphatic rings. The molecular formula is C10H10N2O2. The molecular weight excluding hydrogens is 180 g/mol. The van der Waals surface area contributed by atoms with Crippen LogP contribution in [0.5, 0.6) is 0 Å². The molecule has 0 spiro atoms. The highest BCUT2D eigenvalue weighted by Gasteiger charge is 2.13. The van der Waals surface area contributed by atoms with Gasteiger partial charge in [0.25, 0.3) is 0 Å². The zero-order valence-corrected chi connectivity index (χ0v) is 7.53. The zero-order valence-electron chi connectivity index (χ0n) is 7.53. The molecule has 0 fully saturated rings. The monoisotopic (exact) mass is 190 g/mol. The number of aliphatic imine (C=N–C) groups is 1. The lowest BCUT2D eigenvalue weighted by atomic mass is 10.0. The fourth-order valence-corrected chi connectivity index (χ4v) is 1.54. The molecule has 1 heterocycles. The normalized spacial score (nSPS) is 13.6. The molecule has 4 heteroatoms. The molecule has 0 bridgehead atoms. The van der Waals surface area contributed by atoms with Gasteiger partial charge in [0.05, 0.1) is 13.0 Å². The average molecular weight is 190 g/mol. The number of aliphatic carboxylic acids is 1. The van der Waals surface area contributed by atoms with Crippen molar-refractivity contribution in [3.8, 4) is 0 Å². The largest absolute Gasteiger partial charge is 0.481 e. The number of amidine groups is 1. The minimum absolute atomic E-state index is 0.0283. The first-order chi connectivity index (χ1) is 6.66. The van der Waals surface area contributed by atoms with Crippen molar-refractivity contribution >= 4 is 11.8 Å². The van der Waals surface area contributed by atoms with Crippen LogP contribution in [-0.2, 0) is 17.8 Å². The molecule has 0 atom stereocenters. The van der Waals surface area contributed by atoms with Crippen molar-refractivity contribution < 1.29 is 9.90 Å². The second-order valence-electron chi connectivity index (χ2n) is 3.26. The molecule has 1 aromatic carbocycles. The molecule has 2 rings (SSSR count). The van der Waals surface area contributed by atoms with Gasteiger partial charge in [-0.1, -0.05) is 12.1 Å². The van der Waals surface area contributed by atoms with Crippen molar-refractivity contribution in [3.05, 3.63) is 34.9 Å². The maximum absolute atomic E-state index is 10.5. The molecule has 0 saturated heterocycles. The van der Waals surface area contributed by atoms with Crippen molar-refractivity contribution in [2.75, 3.05) is 0 Å². The average Bonchev–Trinajstić information content (AvgIpc) is 2.47. The summed E-state index contributed by atoms with van der Waals surface area (Å²) in [4.78, 5) is 14.6. The zero-order chi connectivity index (χ0) is 10.1. The minimum Gasteiger partial charge on any atom is -0.481 e. The van der Waals surface area contributed by atoms with Crippen LogP contribution in [0.15, 0.2) is 23.2 Å². The summed E-state index contributed by atoms with van der Waals surface area (Å²) in [6, 6.07) is 5.49. The summed E-state index contributed by atoms with van der Waals surface area (Å²) in [6.07, 6.45) is 0.0283. The molecule has 0 aromatic heterocycles. The molecule has 1 aliphatic heterocycles. The molecule has 0 unspecified atom stereocenters. The fourth-order valence-electron chi connectivity index (χ4n) is 1.54. The topological polar surface area (TPSA) is 75.7 Å². The van der Waals surface area contributed by atoms with Crippen molar-refractivity contribution in [2.45, 2.75) is 13.0 Å². The molecule has 0 amide bonds. The smallest absolute Gasteiger partial charge is 0.307 e. The number of hydrogen-bond donors (Lipinski definition) is 2. The SMILES string of the molecule is NC1=NCc2ccc(CC(=O)O)cc21. The fraction of sp³-hybridized carbons (Fsp3) is 0.200. The van der Waals surface area contributed by atoms with Gasteiger partial charge < -0.3 is 10.8 Å². The summed E-state index contributed by atoms with van der Waals surface area (Å²) < 4.78 is 0. The first-order valence-electron chi connectivity index (χ1n) is 4.30. The molecule has 4 nitrogen and oxygen atoms in total.